The van der Waals surface area contributed by atoms with Crippen molar-refractivity contribution < 1.29 is 14.3 Å². The van der Waals surface area contributed by atoms with E-state index in [2.05, 4.69) is 24.5 Å². The Balaban J connectivity index is 2.11. The second kappa shape index (κ2) is 10.6. The Bertz CT molecular complexity index is 371. The molecule has 0 unspecified atom stereocenters. The zero-order chi connectivity index (χ0) is 17.2. The van der Waals surface area contributed by atoms with Crippen molar-refractivity contribution in [1.82, 2.24) is 10.6 Å². The van der Waals surface area contributed by atoms with Crippen LogP contribution in [0.2, 0.25) is 0 Å². The van der Waals surface area contributed by atoms with E-state index >= 15 is 0 Å². The molecule has 5 nitrogen and oxygen atoms in total. The van der Waals surface area contributed by atoms with E-state index in [1.54, 1.807) is 0 Å². The summed E-state index contributed by atoms with van der Waals surface area (Å²) in [6, 6.07) is 0.266. The first-order valence-corrected chi connectivity index (χ1v) is 9.07. The summed E-state index contributed by atoms with van der Waals surface area (Å²) in [6.07, 6.45) is 5.03. The van der Waals surface area contributed by atoms with Gasteiger partial charge in [0.1, 0.15) is 0 Å². The molecule has 5 heteroatoms. The summed E-state index contributed by atoms with van der Waals surface area (Å²) in [4.78, 5) is 23.7. The number of rotatable bonds is 9. The fourth-order valence-electron chi connectivity index (χ4n) is 3.00. The van der Waals surface area contributed by atoms with Crippen molar-refractivity contribution in [3.05, 3.63) is 0 Å². The first-order chi connectivity index (χ1) is 10.9. The van der Waals surface area contributed by atoms with E-state index in [0.717, 1.165) is 12.8 Å². The number of amides is 2. The third-order valence-corrected chi connectivity index (χ3v) is 4.73. The lowest BCUT2D eigenvalue weighted by Crippen LogP contribution is -2.43. The summed E-state index contributed by atoms with van der Waals surface area (Å²) in [6.45, 7) is 9.69. The molecule has 0 spiro atoms. The third-order valence-electron chi connectivity index (χ3n) is 4.73. The Labute approximate surface area is 140 Å². The van der Waals surface area contributed by atoms with Crippen LogP contribution in [0.3, 0.4) is 0 Å². The maximum Gasteiger partial charge on any atom is 0.220 e. The number of hydrogen-bond acceptors (Lipinski definition) is 3. The van der Waals surface area contributed by atoms with Gasteiger partial charge in [-0.1, -0.05) is 26.7 Å². The molecule has 0 radical (unpaired) electrons. The molecule has 0 bridgehead atoms. The van der Waals surface area contributed by atoms with Crippen LogP contribution in [0.4, 0.5) is 0 Å². The van der Waals surface area contributed by atoms with Gasteiger partial charge in [0.05, 0.1) is 6.10 Å². The molecule has 0 heterocycles. The van der Waals surface area contributed by atoms with Crippen molar-refractivity contribution in [1.29, 1.82) is 0 Å². The molecule has 0 aliphatic heterocycles. The number of carbonyl (C=O) groups is 2. The first kappa shape index (κ1) is 19.9. The van der Waals surface area contributed by atoms with Gasteiger partial charge in [-0.05, 0) is 38.5 Å². The minimum Gasteiger partial charge on any atom is -0.379 e. The number of ether oxygens (including phenoxy) is 1. The highest BCUT2D eigenvalue weighted by molar-refractivity contribution is 5.83. The van der Waals surface area contributed by atoms with Gasteiger partial charge in [0, 0.05) is 32.0 Å². The standard InChI is InChI=1S/C18H34N2O3/c1-13(2)23-12-6-11-19-17(21)9-10-18(22)20-16-8-5-7-14(3)15(16)4/h13-16H,5-12H2,1-4H3,(H,19,21)(H,20,22)/t14-,15+,16+/m0/s1. The Morgan fingerprint density at radius 1 is 1.13 bits per heavy atom. The van der Waals surface area contributed by atoms with Gasteiger partial charge >= 0.3 is 0 Å². The van der Waals surface area contributed by atoms with Crippen molar-refractivity contribution in [3.63, 3.8) is 0 Å². The predicted molar refractivity (Wildman–Crippen MR) is 92.1 cm³/mol. The van der Waals surface area contributed by atoms with Crippen LogP contribution >= 0.6 is 0 Å². The van der Waals surface area contributed by atoms with E-state index in [4.69, 9.17) is 4.74 Å². The molecule has 1 aliphatic carbocycles. The largest absolute Gasteiger partial charge is 0.379 e. The topological polar surface area (TPSA) is 67.4 Å². The molecule has 1 aliphatic rings. The molecule has 23 heavy (non-hydrogen) atoms. The normalized spacial score (nSPS) is 24.5. The molecule has 0 aromatic carbocycles. The molecule has 1 fully saturated rings. The highest BCUT2D eigenvalue weighted by atomic mass is 16.5. The molecule has 2 N–H and O–H groups in total. The van der Waals surface area contributed by atoms with Gasteiger partial charge in [-0.3, -0.25) is 9.59 Å². The van der Waals surface area contributed by atoms with Crippen LogP contribution in [0.25, 0.3) is 0 Å². The minimum absolute atomic E-state index is 0.00533. The van der Waals surface area contributed by atoms with Crippen LogP contribution in [0.1, 0.15) is 66.2 Å². The zero-order valence-electron chi connectivity index (χ0n) is 15.2. The lowest BCUT2D eigenvalue weighted by atomic mass is 9.78. The molecular weight excluding hydrogens is 292 g/mol. The quantitative estimate of drug-likeness (QED) is 0.640. The first-order valence-electron chi connectivity index (χ1n) is 9.07. The number of hydrogen-bond donors (Lipinski definition) is 2. The van der Waals surface area contributed by atoms with Crippen LogP contribution in [-0.4, -0.2) is 37.1 Å². The molecular formula is C18H34N2O3. The van der Waals surface area contributed by atoms with E-state index in [9.17, 15) is 9.59 Å². The van der Waals surface area contributed by atoms with Gasteiger partial charge in [0.2, 0.25) is 11.8 Å². The molecule has 0 saturated heterocycles. The van der Waals surface area contributed by atoms with Gasteiger partial charge in [0.25, 0.3) is 0 Å². The van der Waals surface area contributed by atoms with Gasteiger partial charge in [-0.2, -0.15) is 0 Å². The second-order valence-electron chi connectivity index (χ2n) is 7.06. The Morgan fingerprint density at radius 2 is 1.83 bits per heavy atom. The maximum absolute atomic E-state index is 12.0. The average molecular weight is 326 g/mol. The monoisotopic (exact) mass is 326 g/mol. The summed E-state index contributed by atoms with van der Waals surface area (Å²) < 4.78 is 5.41. The van der Waals surface area contributed by atoms with E-state index in [1.807, 2.05) is 13.8 Å². The fourth-order valence-corrected chi connectivity index (χ4v) is 3.00. The SMILES string of the molecule is CC(C)OCCCNC(=O)CCC(=O)N[C@@H]1CCC[C@H](C)[C@H]1C. The molecule has 134 valence electrons. The van der Waals surface area contributed by atoms with Crippen LogP contribution < -0.4 is 10.6 Å². The zero-order valence-corrected chi connectivity index (χ0v) is 15.2. The Hall–Kier alpha value is -1.10. The summed E-state index contributed by atoms with van der Waals surface area (Å²) in [5, 5.41) is 5.94. The molecule has 3 atom stereocenters. The van der Waals surface area contributed by atoms with E-state index in [1.165, 1.54) is 12.8 Å². The molecule has 1 saturated carbocycles. The summed E-state index contributed by atoms with van der Waals surface area (Å²) >= 11 is 0. The van der Waals surface area contributed by atoms with Crippen LogP contribution in [0, 0.1) is 11.8 Å². The van der Waals surface area contributed by atoms with Gasteiger partial charge < -0.3 is 15.4 Å². The van der Waals surface area contributed by atoms with Gasteiger partial charge in [0.15, 0.2) is 0 Å². The van der Waals surface area contributed by atoms with Gasteiger partial charge in [-0.15, -0.1) is 0 Å². The highest BCUT2D eigenvalue weighted by Gasteiger charge is 2.27. The minimum atomic E-state index is -0.0604. The van der Waals surface area contributed by atoms with Crippen molar-refractivity contribution >= 4 is 11.8 Å². The molecule has 0 aromatic heterocycles. The Morgan fingerprint density at radius 3 is 2.52 bits per heavy atom. The Kier molecular flexibility index (Phi) is 9.22. The average Bonchev–Trinajstić information content (AvgIpc) is 2.49. The van der Waals surface area contributed by atoms with E-state index in [-0.39, 0.29) is 36.8 Å². The summed E-state index contributed by atoms with van der Waals surface area (Å²) in [5.41, 5.74) is 0. The van der Waals surface area contributed by atoms with Crippen molar-refractivity contribution in [2.24, 2.45) is 11.8 Å². The van der Waals surface area contributed by atoms with Crippen LogP contribution in [-0.2, 0) is 14.3 Å². The molecule has 0 aromatic rings. The van der Waals surface area contributed by atoms with E-state index < -0.39 is 0 Å². The predicted octanol–water partition coefficient (Wildman–Crippen LogP) is 2.64. The number of nitrogens with one attached hydrogen (secondary N) is 2. The lowest BCUT2D eigenvalue weighted by Gasteiger charge is -2.34. The van der Waals surface area contributed by atoms with Crippen molar-refractivity contribution in [3.8, 4) is 0 Å². The highest BCUT2D eigenvalue weighted by Crippen LogP contribution is 2.29. The van der Waals surface area contributed by atoms with Crippen molar-refractivity contribution in [2.45, 2.75) is 78.4 Å². The van der Waals surface area contributed by atoms with Gasteiger partial charge in [-0.25, -0.2) is 0 Å². The third kappa shape index (κ3) is 8.35. The lowest BCUT2D eigenvalue weighted by molar-refractivity contribution is -0.127. The number of carbonyl (C=O) groups excluding carboxylic acids is 2. The van der Waals surface area contributed by atoms with Crippen molar-refractivity contribution in [2.75, 3.05) is 13.2 Å². The fraction of sp³-hybridized carbons (Fsp3) is 0.889. The van der Waals surface area contributed by atoms with E-state index in [0.29, 0.717) is 25.0 Å². The second-order valence-corrected chi connectivity index (χ2v) is 7.06. The smallest absolute Gasteiger partial charge is 0.220 e. The molecule has 1 rings (SSSR count). The summed E-state index contributed by atoms with van der Waals surface area (Å²) in [7, 11) is 0. The van der Waals surface area contributed by atoms with Crippen LogP contribution in [0.5, 0.6) is 0 Å². The summed E-state index contributed by atoms with van der Waals surface area (Å²) in [5.74, 6) is 1.11. The maximum atomic E-state index is 12.0. The molecule has 2 amide bonds. The van der Waals surface area contributed by atoms with Crippen LogP contribution in [0.15, 0.2) is 0 Å².